The van der Waals surface area contributed by atoms with Crippen molar-refractivity contribution in [3.05, 3.63) is 22.4 Å². The smallest absolute Gasteiger partial charge is 0.268 e. The molecule has 17 heavy (non-hydrogen) atoms. The highest BCUT2D eigenvalue weighted by Crippen LogP contribution is 2.19. The predicted octanol–water partition coefficient (Wildman–Crippen LogP) is 2.33. The minimum absolute atomic E-state index is 0.0949. The van der Waals surface area contributed by atoms with Crippen molar-refractivity contribution in [1.82, 2.24) is 9.88 Å². The van der Waals surface area contributed by atoms with Gasteiger partial charge >= 0.3 is 0 Å². The van der Waals surface area contributed by atoms with E-state index in [0.29, 0.717) is 5.69 Å². The molecular formula is C12H19BrN2O2. The van der Waals surface area contributed by atoms with E-state index in [0.717, 1.165) is 4.47 Å². The van der Waals surface area contributed by atoms with Crippen LogP contribution in [-0.2, 0) is 0 Å². The van der Waals surface area contributed by atoms with Gasteiger partial charge in [0.1, 0.15) is 5.69 Å². The van der Waals surface area contributed by atoms with Gasteiger partial charge in [-0.2, -0.15) is 0 Å². The molecule has 0 atom stereocenters. The summed E-state index contributed by atoms with van der Waals surface area (Å²) in [5.41, 5.74) is -0.0243. The van der Waals surface area contributed by atoms with Gasteiger partial charge < -0.3 is 15.0 Å². The van der Waals surface area contributed by atoms with Crippen LogP contribution in [-0.4, -0.2) is 27.7 Å². The second kappa shape index (κ2) is 5.23. The number of hydrogen-bond donors (Lipinski definition) is 2. The van der Waals surface area contributed by atoms with E-state index in [-0.39, 0.29) is 18.6 Å². The van der Waals surface area contributed by atoms with E-state index in [1.807, 2.05) is 24.6 Å². The van der Waals surface area contributed by atoms with Gasteiger partial charge in [0, 0.05) is 16.7 Å². The van der Waals surface area contributed by atoms with Crippen LogP contribution in [0.5, 0.6) is 0 Å². The Labute approximate surface area is 110 Å². The van der Waals surface area contributed by atoms with Gasteiger partial charge in [-0.15, -0.1) is 0 Å². The summed E-state index contributed by atoms with van der Waals surface area (Å²) < 4.78 is 2.77. The highest BCUT2D eigenvalue weighted by Gasteiger charge is 2.22. The number of amides is 1. The summed E-state index contributed by atoms with van der Waals surface area (Å²) in [4.78, 5) is 12.1. The van der Waals surface area contributed by atoms with E-state index >= 15 is 0 Å². The molecule has 0 saturated carbocycles. The third-order valence-electron chi connectivity index (χ3n) is 2.45. The lowest BCUT2D eigenvalue weighted by molar-refractivity contribution is 0.0858. The summed E-state index contributed by atoms with van der Waals surface area (Å²) in [6, 6.07) is 1.99. The Morgan fingerprint density at radius 1 is 1.59 bits per heavy atom. The molecule has 1 rings (SSSR count). The third-order valence-corrected chi connectivity index (χ3v) is 2.89. The van der Waals surface area contributed by atoms with Crippen molar-refractivity contribution in [2.75, 3.05) is 6.61 Å². The van der Waals surface area contributed by atoms with Crippen LogP contribution in [0.1, 0.15) is 44.2 Å². The first kappa shape index (κ1) is 14.3. The molecule has 0 spiro atoms. The van der Waals surface area contributed by atoms with Crippen LogP contribution in [0.2, 0.25) is 0 Å². The molecule has 0 fully saturated rings. The Kier molecular flexibility index (Phi) is 4.38. The molecule has 96 valence electrons. The molecule has 0 aliphatic rings. The second-order valence-electron chi connectivity index (χ2n) is 5.04. The van der Waals surface area contributed by atoms with Gasteiger partial charge in [0.15, 0.2) is 0 Å². The number of aliphatic hydroxyl groups excluding tert-OH is 1. The van der Waals surface area contributed by atoms with Crippen molar-refractivity contribution in [2.24, 2.45) is 0 Å². The second-order valence-corrected chi connectivity index (χ2v) is 5.96. The monoisotopic (exact) mass is 302 g/mol. The van der Waals surface area contributed by atoms with E-state index in [2.05, 4.69) is 21.2 Å². The lowest BCUT2D eigenvalue weighted by Crippen LogP contribution is -2.46. The highest BCUT2D eigenvalue weighted by molar-refractivity contribution is 9.10. The molecule has 1 amide bonds. The van der Waals surface area contributed by atoms with E-state index in [4.69, 9.17) is 5.11 Å². The number of hydrogen-bond acceptors (Lipinski definition) is 2. The number of aromatic nitrogens is 1. The third kappa shape index (κ3) is 3.57. The van der Waals surface area contributed by atoms with E-state index in [1.54, 1.807) is 19.9 Å². The molecule has 0 aromatic carbocycles. The molecular weight excluding hydrogens is 284 g/mol. The number of rotatable bonds is 4. The van der Waals surface area contributed by atoms with Crippen LogP contribution in [0.15, 0.2) is 16.7 Å². The summed E-state index contributed by atoms with van der Waals surface area (Å²) >= 11 is 3.37. The van der Waals surface area contributed by atoms with E-state index in [1.165, 1.54) is 0 Å². The minimum atomic E-state index is -0.615. The van der Waals surface area contributed by atoms with Crippen molar-refractivity contribution in [3.8, 4) is 0 Å². The summed E-state index contributed by atoms with van der Waals surface area (Å²) in [5.74, 6) is -0.177. The molecule has 1 aromatic rings. The molecule has 1 heterocycles. The Morgan fingerprint density at radius 2 is 2.18 bits per heavy atom. The number of nitrogens with one attached hydrogen (secondary N) is 1. The quantitative estimate of drug-likeness (QED) is 0.897. The van der Waals surface area contributed by atoms with Crippen molar-refractivity contribution >= 4 is 21.8 Å². The van der Waals surface area contributed by atoms with E-state index in [9.17, 15) is 4.79 Å². The maximum absolute atomic E-state index is 12.1. The number of nitrogens with zero attached hydrogens (tertiary/aromatic N) is 1. The van der Waals surface area contributed by atoms with Crippen LogP contribution >= 0.6 is 15.9 Å². The fourth-order valence-corrected chi connectivity index (χ4v) is 1.90. The number of halogens is 1. The lowest BCUT2D eigenvalue weighted by Gasteiger charge is -2.24. The molecule has 0 radical (unpaired) electrons. The largest absolute Gasteiger partial charge is 0.394 e. The van der Waals surface area contributed by atoms with Gasteiger partial charge in [0.2, 0.25) is 0 Å². The van der Waals surface area contributed by atoms with Crippen LogP contribution < -0.4 is 5.32 Å². The van der Waals surface area contributed by atoms with Gasteiger partial charge in [-0.25, -0.2) is 0 Å². The molecule has 2 N–H and O–H groups in total. The normalized spacial score (nSPS) is 11.9. The van der Waals surface area contributed by atoms with Crippen LogP contribution in [0.3, 0.4) is 0 Å². The standard InChI is InChI=1S/C12H19BrN2O2/c1-8(2)15-6-9(13)5-10(15)11(17)14-12(3,4)7-16/h5-6,8,16H,7H2,1-4H3,(H,14,17). The molecule has 4 nitrogen and oxygen atoms in total. The van der Waals surface area contributed by atoms with Gasteiger partial charge in [0.05, 0.1) is 12.1 Å². The fourth-order valence-electron chi connectivity index (χ4n) is 1.47. The summed E-state index contributed by atoms with van der Waals surface area (Å²) in [6.07, 6.45) is 1.88. The van der Waals surface area contributed by atoms with Gasteiger partial charge in [-0.3, -0.25) is 4.79 Å². The number of carbonyl (C=O) groups is 1. The fraction of sp³-hybridized carbons (Fsp3) is 0.583. The summed E-state index contributed by atoms with van der Waals surface area (Å²) in [5, 5.41) is 11.9. The maximum Gasteiger partial charge on any atom is 0.268 e. The molecule has 0 bridgehead atoms. The average Bonchev–Trinajstić information content (AvgIpc) is 2.60. The molecule has 5 heteroatoms. The molecule has 0 aliphatic heterocycles. The highest BCUT2D eigenvalue weighted by atomic mass is 79.9. The topological polar surface area (TPSA) is 54.3 Å². The van der Waals surface area contributed by atoms with Crippen molar-refractivity contribution in [3.63, 3.8) is 0 Å². The van der Waals surface area contributed by atoms with Gasteiger partial charge in [-0.1, -0.05) is 0 Å². The zero-order chi connectivity index (χ0) is 13.2. The molecule has 0 saturated heterocycles. The summed E-state index contributed by atoms with van der Waals surface area (Å²) in [7, 11) is 0. The van der Waals surface area contributed by atoms with Crippen LogP contribution in [0, 0.1) is 0 Å². The lowest BCUT2D eigenvalue weighted by atomic mass is 10.1. The Bertz CT molecular complexity index is 411. The van der Waals surface area contributed by atoms with Gasteiger partial charge in [-0.05, 0) is 49.7 Å². The number of aliphatic hydroxyl groups is 1. The first-order valence-corrected chi connectivity index (χ1v) is 6.37. The molecule has 0 aliphatic carbocycles. The van der Waals surface area contributed by atoms with Crippen molar-refractivity contribution in [1.29, 1.82) is 0 Å². The van der Waals surface area contributed by atoms with Crippen LogP contribution in [0.4, 0.5) is 0 Å². The van der Waals surface area contributed by atoms with Crippen LogP contribution in [0.25, 0.3) is 0 Å². The minimum Gasteiger partial charge on any atom is -0.394 e. The SMILES string of the molecule is CC(C)n1cc(Br)cc1C(=O)NC(C)(C)CO. The Hall–Kier alpha value is -0.810. The average molecular weight is 303 g/mol. The Balaban J connectivity index is 2.96. The zero-order valence-corrected chi connectivity index (χ0v) is 12.2. The summed E-state index contributed by atoms with van der Waals surface area (Å²) in [6.45, 7) is 7.49. The maximum atomic E-state index is 12.1. The first-order valence-electron chi connectivity index (χ1n) is 5.57. The molecule has 0 unspecified atom stereocenters. The van der Waals surface area contributed by atoms with Gasteiger partial charge in [0.25, 0.3) is 5.91 Å². The zero-order valence-electron chi connectivity index (χ0n) is 10.6. The van der Waals surface area contributed by atoms with Crippen molar-refractivity contribution < 1.29 is 9.90 Å². The molecule has 1 aromatic heterocycles. The van der Waals surface area contributed by atoms with Crippen molar-refractivity contribution in [2.45, 2.75) is 39.3 Å². The Morgan fingerprint density at radius 3 is 2.65 bits per heavy atom. The number of carbonyl (C=O) groups excluding carboxylic acids is 1. The van der Waals surface area contributed by atoms with E-state index < -0.39 is 5.54 Å². The predicted molar refractivity (Wildman–Crippen MR) is 71.1 cm³/mol. The first-order chi connectivity index (χ1) is 7.76.